The Bertz CT molecular complexity index is 534. The number of nitrogens with one attached hydrogen (secondary N) is 1. The van der Waals surface area contributed by atoms with E-state index in [2.05, 4.69) is 15.2 Å². The van der Waals surface area contributed by atoms with Crippen molar-refractivity contribution in [3.63, 3.8) is 0 Å². The number of likely N-dealkylation sites (tertiary alicyclic amines) is 1. The van der Waals surface area contributed by atoms with Gasteiger partial charge in [0, 0.05) is 24.5 Å². The van der Waals surface area contributed by atoms with Gasteiger partial charge in [0.15, 0.2) is 5.78 Å². The molecule has 0 aliphatic carbocycles. The smallest absolute Gasteiger partial charge is 0.408 e. The number of carbonyl (C=O) groups excluding carboxylic acids is 2. The molecule has 0 spiro atoms. The molecule has 23 heavy (non-hydrogen) atoms. The molecule has 126 valence electrons. The Morgan fingerprint density at radius 3 is 2.43 bits per heavy atom. The van der Waals surface area contributed by atoms with Crippen LogP contribution in [0.15, 0.2) is 24.5 Å². The topological polar surface area (TPSA) is 71.5 Å². The van der Waals surface area contributed by atoms with Gasteiger partial charge in [-0.15, -0.1) is 0 Å². The second-order valence-electron chi connectivity index (χ2n) is 6.81. The molecule has 1 fully saturated rings. The van der Waals surface area contributed by atoms with Crippen LogP contribution in [0.2, 0.25) is 0 Å². The van der Waals surface area contributed by atoms with E-state index >= 15 is 0 Å². The lowest BCUT2D eigenvalue weighted by Gasteiger charge is -2.26. The molecular formula is C17H25N3O3. The summed E-state index contributed by atoms with van der Waals surface area (Å²) in [7, 11) is 0. The average Bonchev–Trinajstić information content (AvgIpc) is 2.98. The number of rotatable bonds is 5. The first-order valence-electron chi connectivity index (χ1n) is 8.01. The standard InChI is InChI=1S/C17H25N3O3/c1-17(2,3)23-16(22)19-14(12-20-10-4-5-11-20)15(21)13-6-8-18-9-7-13/h6-9,14H,4-5,10-12H2,1-3H3,(H,19,22). The summed E-state index contributed by atoms with van der Waals surface area (Å²) in [5.41, 5.74) is -0.0533. The van der Waals surface area contributed by atoms with E-state index in [1.165, 1.54) is 0 Å². The molecule has 2 heterocycles. The van der Waals surface area contributed by atoms with Crippen LogP contribution in [0, 0.1) is 0 Å². The quantitative estimate of drug-likeness (QED) is 0.843. The second-order valence-corrected chi connectivity index (χ2v) is 6.81. The maximum Gasteiger partial charge on any atom is 0.408 e. The Labute approximate surface area is 137 Å². The van der Waals surface area contributed by atoms with Crippen LogP contribution < -0.4 is 5.32 Å². The number of nitrogens with zero attached hydrogens (tertiary/aromatic N) is 2. The molecule has 1 atom stereocenters. The third-order valence-corrected chi connectivity index (χ3v) is 3.61. The number of ether oxygens (including phenoxy) is 1. The van der Waals surface area contributed by atoms with Gasteiger partial charge in [-0.1, -0.05) is 0 Å². The highest BCUT2D eigenvalue weighted by Crippen LogP contribution is 2.12. The van der Waals surface area contributed by atoms with E-state index in [-0.39, 0.29) is 5.78 Å². The molecule has 1 aromatic rings. The fraction of sp³-hybridized carbons (Fsp3) is 0.588. The normalized spacial score (nSPS) is 16.8. The molecule has 0 saturated carbocycles. The summed E-state index contributed by atoms with van der Waals surface area (Å²) < 4.78 is 5.29. The number of ketones is 1. The van der Waals surface area contributed by atoms with Crippen molar-refractivity contribution in [1.82, 2.24) is 15.2 Å². The van der Waals surface area contributed by atoms with Gasteiger partial charge in [0.1, 0.15) is 11.6 Å². The zero-order valence-corrected chi connectivity index (χ0v) is 14.0. The van der Waals surface area contributed by atoms with Crippen LogP contribution in [0.25, 0.3) is 0 Å². The minimum absolute atomic E-state index is 0.120. The number of aromatic nitrogens is 1. The fourth-order valence-electron chi connectivity index (χ4n) is 2.58. The molecular weight excluding hydrogens is 294 g/mol. The van der Waals surface area contributed by atoms with Crippen LogP contribution in [0.5, 0.6) is 0 Å². The second kappa shape index (κ2) is 7.55. The molecule has 0 bridgehead atoms. The molecule has 6 heteroatoms. The van der Waals surface area contributed by atoms with Gasteiger partial charge in [-0.2, -0.15) is 0 Å². The van der Waals surface area contributed by atoms with Gasteiger partial charge >= 0.3 is 6.09 Å². The van der Waals surface area contributed by atoms with Crippen molar-refractivity contribution >= 4 is 11.9 Å². The maximum absolute atomic E-state index is 12.7. The Morgan fingerprint density at radius 1 is 1.26 bits per heavy atom. The van der Waals surface area contributed by atoms with Gasteiger partial charge < -0.3 is 15.0 Å². The predicted octanol–water partition coefficient (Wildman–Crippen LogP) is 2.25. The van der Waals surface area contributed by atoms with E-state index in [0.717, 1.165) is 25.9 Å². The summed E-state index contributed by atoms with van der Waals surface area (Å²) in [4.78, 5) is 30.9. The number of carbonyl (C=O) groups is 2. The van der Waals surface area contributed by atoms with Gasteiger partial charge in [0.2, 0.25) is 0 Å². The predicted molar refractivity (Wildman–Crippen MR) is 87.4 cm³/mol. The first-order chi connectivity index (χ1) is 10.8. The minimum Gasteiger partial charge on any atom is -0.444 e. The minimum atomic E-state index is -0.620. The summed E-state index contributed by atoms with van der Waals surface area (Å²) >= 11 is 0. The summed E-state index contributed by atoms with van der Waals surface area (Å²) in [6.45, 7) is 7.80. The van der Waals surface area contributed by atoms with E-state index in [1.807, 2.05) is 0 Å². The SMILES string of the molecule is CC(C)(C)OC(=O)NC(CN1CCCC1)C(=O)c1ccncc1. The number of amides is 1. The first kappa shape index (κ1) is 17.4. The van der Waals surface area contributed by atoms with E-state index in [9.17, 15) is 9.59 Å². The number of Topliss-reactive ketones (excluding diaryl/α,β-unsaturated/α-hetero) is 1. The van der Waals surface area contributed by atoms with E-state index < -0.39 is 17.7 Å². The van der Waals surface area contributed by atoms with E-state index in [4.69, 9.17) is 4.74 Å². The molecule has 1 aliphatic heterocycles. The van der Waals surface area contributed by atoms with Crippen molar-refractivity contribution in [3.05, 3.63) is 30.1 Å². The van der Waals surface area contributed by atoms with Crippen molar-refractivity contribution < 1.29 is 14.3 Å². The molecule has 1 amide bonds. The zero-order valence-electron chi connectivity index (χ0n) is 14.0. The van der Waals surface area contributed by atoms with Crippen LogP contribution in [-0.2, 0) is 4.74 Å². The van der Waals surface area contributed by atoms with Crippen LogP contribution in [-0.4, -0.2) is 53.0 Å². The highest BCUT2D eigenvalue weighted by atomic mass is 16.6. The number of hydrogen-bond acceptors (Lipinski definition) is 5. The summed E-state index contributed by atoms with van der Waals surface area (Å²) in [6.07, 6.45) is 4.84. The fourth-order valence-corrected chi connectivity index (χ4v) is 2.58. The third-order valence-electron chi connectivity index (χ3n) is 3.61. The highest BCUT2D eigenvalue weighted by Gasteiger charge is 2.28. The Balaban J connectivity index is 2.07. The molecule has 1 unspecified atom stereocenters. The molecule has 0 aromatic carbocycles. The van der Waals surface area contributed by atoms with E-state index in [1.54, 1.807) is 45.3 Å². The van der Waals surface area contributed by atoms with Crippen LogP contribution in [0.1, 0.15) is 44.0 Å². The lowest BCUT2D eigenvalue weighted by atomic mass is 10.1. The lowest BCUT2D eigenvalue weighted by molar-refractivity contribution is 0.0480. The Morgan fingerprint density at radius 2 is 1.87 bits per heavy atom. The van der Waals surface area contributed by atoms with Crippen molar-refractivity contribution in [2.75, 3.05) is 19.6 Å². The molecule has 1 aliphatic rings. The Hall–Kier alpha value is -1.95. The maximum atomic E-state index is 12.7. The number of alkyl carbamates (subject to hydrolysis) is 1. The van der Waals surface area contributed by atoms with Gasteiger partial charge in [0.05, 0.1) is 0 Å². The summed E-state index contributed by atoms with van der Waals surface area (Å²) in [5.74, 6) is -0.120. The van der Waals surface area contributed by atoms with Crippen molar-refractivity contribution in [2.45, 2.75) is 45.3 Å². The Kier molecular flexibility index (Phi) is 5.71. The van der Waals surface area contributed by atoms with Crippen molar-refractivity contribution in [1.29, 1.82) is 0 Å². The molecule has 1 N–H and O–H groups in total. The summed E-state index contributed by atoms with van der Waals surface area (Å²) in [5, 5.41) is 2.73. The van der Waals surface area contributed by atoms with Gasteiger partial charge in [-0.3, -0.25) is 9.78 Å². The largest absolute Gasteiger partial charge is 0.444 e. The number of hydrogen-bond donors (Lipinski definition) is 1. The molecule has 1 saturated heterocycles. The zero-order chi connectivity index (χ0) is 16.9. The molecule has 6 nitrogen and oxygen atoms in total. The van der Waals surface area contributed by atoms with E-state index in [0.29, 0.717) is 12.1 Å². The monoisotopic (exact) mass is 319 g/mol. The molecule has 1 aromatic heterocycles. The van der Waals surface area contributed by atoms with Gasteiger partial charge in [0.25, 0.3) is 0 Å². The number of pyridine rings is 1. The van der Waals surface area contributed by atoms with Gasteiger partial charge in [-0.25, -0.2) is 4.79 Å². The van der Waals surface area contributed by atoms with Crippen LogP contribution in [0.4, 0.5) is 4.79 Å². The van der Waals surface area contributed by atoms with Crippen LogP contribution in [0.3, 0.4) is 0 Å². The first-order valence-corrected chi connectivity index (χ1v) is 8.01. The summed E-state index contributed by atoms with van der Waals surface area (Å²) in [6, 6.07) is 2.71. The van der Waals surface area contributed by atoms with Crippen molar-refractivity contribution in [2.24, 2.45) is 0 Å². The molecule has 2 rings (SSSR count). The third kappa shape index (κ3) is 5.63. The average molecular weight is 319 g/mol. The highest BCUT2D eigenvalue weighted by molar-refractivity contribution is 6.01. The van der Waals surface area contributed by atoms with Gasteiger partial charge in [-0.05, 0) is 58.8 Å². The molecule has 0 radical (unpaired) electrons. The van der Waals surface area contributed by atoms with Crippen LogP contribution >= 0.6 is 0 Å². The lowest BCUT2D eigenvalue weighted by Crippen LogP contribution is -2.49. The van der Waals surface area contributed by atoms with Crippen molar-refractivity contribution in [3.8, 4) is 0 Å².